The normalized spacial score (nSPS) is 20.2. The van der Waals surface area contributed by atoms with E-state index in [1.54, 1.807) is 30.3 Å². The molecule has 1 aromatic carbocycles. The molecule has 0 saturated heterocycles. The molecule has 0 bridgehead atoms. The minimum Gasteiger partial charge on any atom is -0.449 e. The van der Waals surface area contributed by atoms with Crippen molar-refractivity contribution in [2.24, 2.45) is 0 Å². The first kappa shape index (κ1) is 13.0. The van der Waals surface area contributed by atoms with E-state index in [1.165, 1.54) is 6.92 Å². The summed E-state index contributed by atoms with van der Waals surface area (Å²) in [7, 11) is 0. The summed E-state index contributed by atoms with van der Waals surface area (Å²) in [6.07, 6.45) is -0.953. The van der Waals surface area contributed by atoms with Crippen LogP contribution in [0.15, 0.2) is 40.8 Å². The summed E-state index contributed by atoms with van der Waals surface area (Å²) >= 11 is -0.287. The largest absolute Gasteiger partial charge is 0.449 e. The van der Waals surface area contributed by atoms with Crippen molar-refractivity contribution in [1.29, 1.82) is 0 Å². The molecule has 0 fully saturated rings. The number of carbonyl (C=O) groups is 1. The van der Waals surface area contributed by atoms with Gasteiger partial charge in [-0.25, -0.2) is 4.79 Å². The number of rotatable bonds is 2. The molecule has 1 aliphatic heterocycles. The zero-order valence-electron chi connectivity index (χ0n) is 9.32. The highest BCUT2D eigenvalue weighted by Gasteiger charge is 2.41. The zero-order valence-corrected chi connectivity index (χ0v) is 10.1. The van der Waals surface area contributed by atoms with Gasteiger partial charge in [-0.2, -0.15) is 13.2 Å². The molecule has 0 radical (unpaired) electrons. The Morgan fingerprint density at radius 3 is 2.39 bits per heavy atom. The maximum Gasteiger partial charge on any atom is 0.446 e. The SMILES string of the molecule is CC1=C(SC(F)(F)F)C(c2ccccc2)OC1=O. The van der Waals surface area contributed by atoms with Crippen molar-refractivity contribution in [2.45, 2.75) is 18.5 Å². The van der Waals surface area contributed by atoms with Gasteiger partial charge in [-0.1, -0.05) is 30.3 Å². The standard InChI is InChI=1S/C12H9F3O2S/c1-7-10(18-12(13,14)15)9(17-11(7)16)8-5-3-2-4-6-8/h2-6,9H,1H3. The zero-order chi connectivity index (χ0) is 13.3. The van der Waals surface area contributed by atoms with E-state index in [9.17, 15) is 18.0 Å². The molecule has 1 heterocycles. The molecule has 1 atom stereocenters. The molecule has 0 N–H and O–H groups in total. The molecular weight excluding hydrogens is 265 g/mol. The summed E-state index contributed by atoms with van der Waals surface area (Å²) < 4.78 is 42.4. The van der Waals surface area contributed by atoms with Crippen LogP contribution in [0.4, 0.5) is 13.2 Å². The lowest BCUT2D eigenvalue weighted by Crippen LogP contribution is -2.06. The average molecular weight is 274 g/mol. The summed E-state index contributed by atoms with van der Waals surface area (Å²) in [5.74, 6) is -0.699. The Bertz CT molecular complexity index is 494. The molecule has 0 amide bonds. The van der Waals surface area contributed by atoms with Crippen LogP contribution in [-0.2, 0) is 9.53 Å². The van der Waals surface area contributed by atoms with Crippen LogP contribution in [0.2, 0.25) is 0 Å². The Morgan fingerprint density at radius 1 is 1.22 bits per heavy atom. The van der Waals surface area contributed by atoms with Crippen LogP contribution in [0.3, 0.4) is 0 Å². The third kappa shape index (κ3) is 2.69. The number of carbonyl (C=O) groups excluding carboxylic acids is 1. The van der Waals surface area contributed by atoms with Gasteiger partial charge in [0.15, 0.2) is 6.10 Å². The van der Waals surface area contributed by atoms with Crippen molar-refractivity contribution in [3.8, 4) is 0 Å². The van der Waals surface area contributed by atoms with Gasteiger partial charge in [-0.15, -0.1) is 0 Å². The van der Waals surface area contributed by atoms with Gasteiger partial charge in [0.1, 0.15) is 0 Å². The van der Waals surface area contributed by atoms with E-state index in [4.69, 9.17) is 4.74 Å². The van der Waals surface area contributed by atoms with Gasteiger partial charge in [0.2, 0.25) is 0 Å². The van der Waals surface area contributed by atoms with Crippen LogP contribution in [0.5, 0.6) is 0 Å². The summed E-state index contributed by atoms with van der Waals surface area (Å²) in [5, 5.41) is 0. The van der Waals surface area contributed by atoms with E-state index in [0.29, 0.717) is 5.56 Å². The quantitative estimate of drug-likeness (QED) is 0.767. The molecule has 1 aliphatic rings. The molecule has 2 rings (SSSR count). The van der Waals surface area contributed by atoms with Crippen molar-refractivity contribution >= 4 is 17.7 Å². The predicted octanol–water partition coefficient (Wildman–Crippen LogP) is 3.81. The third-order valence-corrected chi connectivity index (χ3v) is 3.44. The molecule has 2 nitrogen and oxygen atoms in total. The maximum absolute atomic E-state index is 12.5. The molecule has 0 saturated carbocycles. The first-order chi connectivity index (χ1) is 8.38. The average Bonchev–Trinajstić information content (AvgIpc) is 2.57. The van der Waals surface area contributed by atoms with E-state index in [2.05, 4.69) is 0 Å². The number of cyclic esters (lactones) is 1. The lowest BCUT2D eigenvalue weighted by Gasteiger charge is -2.15. The molecule has 0 aliphatic carbocycles. The van der Waals surface area contributed by atoms with Crippen molar-refractivity contribution < 1.29 is 22.7 Å². The maximum atomic E-state index is 12.5. The smallest absolute Gasteiger partial charge is 0.446 e. The Morgan fingerprint density at radius 2 is 1.83 bits per heavy atom. The molecule has 0 spiro atoms. The highest BCUT2D eigenvalue weighted by molar-refractivity contribution is 8.04. The Kier molecular flexibility index (Phi) is 3.38. The molecule has 1 aromatic rings. The van der Waals surface area contributed by atoms with Crippen LogP contribution in [0, 0.1) is 0 Å². The van der Waals surface area contributed by atoms with Crippen LogP contribution in [-0.4, -0.2) is 11.5 Å². The number of hydrogen-bond donors (Lipinski definition) is 0. The van der Waals surface area contributed by atoms with Gasteiger partial charge in [-0.3, -0.25) is 0 Å². The van der Waals surface area contributed by atoms with Gasteiger partial charge in [0.25, 0.3) is 0 Å². The number of esters is 1. The van der Waals surface area contributed by atoms with Crippen LogP contribution >= 0.6 is 11.8 Å². The van der Waals surface area contributed by atoms with E-state index in [-0.39, 0.29) is 22.2 Å². The number of ether oxygens (including phenoxy) is 1. The summed E-state index contributed by atoms with van der Waals surface area (Å²) in [6.45, 7) is 1.35. The van der Waals surface area contributed by atoms with Crippen molar-refractivity contribution in [3.63, 3.8) is 0 Å². The Hall–Kier alpha value is -1.43. The monoisotopic (exact) mass is 274 g/mol. The minimum absolute atomic E-state index is 0.0196. The second-order valence-electron chi connectivity index (χ2n) is 3.73. The highest BCUT2D eigenvalue weighted by atomic mass is 32.2. The van der Waals surface area contributed by atoms with Crippen molar-refractivity contribution in [2.75, 3.05) is 0 Å². The fourth-order valence-electron chi connectivity index (χ4n) is 1.65. The number of thioether (sulfide) groups is 1. The molecular formula is C12H9F3O2S. The highest BCUT2D eigenvalue weighted by Crippen LogP contribution is 2.48. The first-order valence-electron chi connectivity index (χ1n) is 5.11. The number of halogens is 3. The van der Waals surface area contributed by atoms with Crippen molar-refractivity contribution in [1.82, 2.24) is 0 Å². The van der Waals surface area contributed by atoms with Gasteiger partial charge in [0.05, 0.1) is 0 Å². The van der Waals surface area contributed by atoms with Crippen LogP contribution in [0.1, 0.15) is 18.6 Å². The summed E-state index contributed by atoms with van der Waals surface area (Å²) in [4.78, 5) is 11.3. The molecule has 0 aromatic heterocycles. The molecule has 6 heteroatoms. The van der Waals surface area contributed by atoms with E-state index >= 15 is 0 Å². The van der Waals surface area contributed by atoms with Gasteiger partial charge in [-0.05, 0) is 24.2 Å². The van der Waals surface area contributed by atoms with Crippen LogP contribution in [0.25, 0.3) is 0 Å². The third-order valence-electron chi connectivity index (χ3n) is 2.47. The molecule has 1 unspecified atom stereocenters. The van der Waals surface area contributed by atoms with Crippen molar-refractivity contribution in [3.05, 3.63) is 46.4 Å². The number of alkyl halides is 3. The van der Waals surface area contributed by atoms with Gasteiger partial charge < -0.3 is 4.74 Å². The summed E-state index contributed by atoms with van der Waals surface area (Å²) in [5.41, 5.74) is -3.88. The lowest BCUT2D eigenvalue weighted by atomic mass is 10.1. The Labute approximate surface area is 106 Å². The Balaban J connectivity index is 2.35. The number of benzene rings is 1. The summed E-state index contributed by atoms with van der Waals surface area (Å²) in [6, 6.07) is 8.38. The van der Waals surface area contributed by atoms with E-state index in [1.807, 2.05) is 0 Å². The first-order valence-corrected chi connectivity index (χ1v) is 5.92. The fourth-order valence-corrected chi connectivity index (χ4v) is 2.43. The lowest BCUT2D eigenvalue weighted by molar-refractivity contribution is -0.139. The van der Waals surface area contributed by atoms with Gasteiger partial charge in [0, 0.05) is 10.5 Å². The van der Waals surface area contributed by atoms with E-state index in [0.717, 1.165) is 0 Å². The van der Waals surface area contributed by atoms with Gasteiger partial charge >= 0.3 is 11.5 Å². The number of hydrogen-bond acceptors (Lipinski definition) is 3. The van der Waals surface area contributed by atoms with Crippen LogP contribution < -0.4 is 0 Å². The second kappa shape index (κ2) is 4.68. The second-order valence-corrected chi connectivity index (χ2v) is 4.84. The molecule has 18 heavy (non-hydrogen) atoms. The fraction of sp³-hybridized carbons (Fsp3) is 0.250. The molecule has 96 valence electrons. The predicted molar refractivity (Wildman–Crippen MR) is 61.6 cm³/mol. The minimum atomic E-state index is -4.43. The topological polar surface area (TPSA) is 26.3 Å². The van der Waals surface area contributed by atoms with E-state index < -0.39 is 17.6 Å².